The molecule has 11 nitrogen and oxygen atoms in total. The predicted molar refractivity (Wildman–Crippen MR) is 126 cm³/mol. The largest absolute Gasteiger partial charge is 0.458 e. The van der Waals surface area contributed by atoms with Crippen LogP contribution in [0.1, 0.15) is 55.2 Å². The van der Waals surface area contributed by atoms with Crippen LogP contribution in [0.3, 0.4) is 0 Å². The number of piperazine rings is 1. The van der Waals surface area contributed by atoms with Gasteiger partial charge in [0.15, 0.2) is 0 Å². The number of ether oxygens (including phenoxy) is 1. The van der Waals surface area contributed by atoms with Gasteiger partial charge in [0.05, 0.1) is 10.6 Å². The number of hydrogen-bond acceptors (Lipinski definition) is 8. The Kier molecular flexibility index (Phi) is 7.58. The number of hydrogen-bond donors (Lipinski definition) is 0. The molecule has 2 amide bonds. The third-order valence-corrected chi connectivity index (χ3v) is 5.77. The summed E-state index contributed by atoms with van der Waals surface area (Å²) in [6.07, 6.45) is 1.42. The fraction of sp³-hybridized carbons (Fsp3) is 0.375. The van der Waals surface area contributed by atoms with E-state index >= 15 is 0 Å². The second kappa shape index (κ2) is 10.4. The molecule has 1 fully saturated rings. The first-order chi connectivity index (χ1) is 16.5. The SMILES string of the molecule is C=CCOC(=O)c1c(C)nc(C)nc1C(=O)N1CCN(C(=O)c2ccc(C)c([N+](=O)[O-])c2)C(C)C1. The molecule has 0 saturated carbocycles. The molecule has 2 heterocycles. The van der Waals surface area contributed by atoms with Gasteiger partial charge in [0, 0.05) is 42.9 Å². The van der Waals surface area contributed by atoms with Crippen molar-refractivity contribution in [2.45, 2.75) is 33.7 Å². The lowest BCUT2D eigenvalue weighted by molar-refractivity contribution is -0.385. The Morgan fingerprint density at radius 3 is 2.54 bits per heavy atom. The van der Waals surface area contributed by atoms with Gasteiger partial charge in [-0.2, -0.15) is 0 Å². The molecule has 1 aliphatic rings. The van der Waals surface area contributed by atoms with Crippen LogP contribution in [0, 0.1) is 30.9 Å². The van der Waals surface area contributed by atoms with Gasteiger partial charge in [0.1, 0.15) is 23.7 Å². The van der Waals surface area contributed by atoms with Crippen LogP contribution in [0.2, 0.25) is 0 Å². The Labute approximate surface area is 202 Å². The molecular formula is C24H27N5O6. The zero-order valence-corrected chi connectivity index (χ0v) is 20.1. The van der Waals surface area contributed by atoms with Crippen molar-refractivity contribution in [3.8, 4) is 0 Å². The van der Waals surface area contributed by atoms with E-state index in [1.807, 2.05) is 0 Å². The summed E-state index contributed by atoms with van der Waals surface area (Å²) in [6, 6.07) is 4.00. The average Bonchev–Trinajstić information content (AvgIpc) is 2.81. The van der Waals surface area contributed by atoms with Crippen molar-refractivity contribution in [1.29, 1.82) is 0 Å². The Morgan fingerprint density at radius 1 is 1.20 bits per heavy atom. The molecule has 3 rings (SSSR count). The van der Waals surface area contributed by atoms with E-state index in [2.05, 4.69) is 16.5 Å². The number of aryl methyl sites for hydroxylation is 3. The van der Waals surface area contributed by atoms with Crippen molar-refractivity contribution in [2.75, 3.05) is 26.2 Å². The molecule has 0 aliphatic carbocycles. The highest BCUT2D eigenvalue weighted by Crippen LogP contribution is 2.23. The highest BCUT2D eigenvalue weighted by molar-refractivity contribution is 6.04. The van der Waals surface area contributed by atoms with Gasteiger partial charge in [-0.1, -0.05) is 18.7 Å². The zero-order chi connectivity index (χ0) is 25.9. The van der Waals surface area contributed by atoms with Crippen molar-refractivity contribution in [3.05, 3.63) is 74.9 Å². The van der Waals surface area contributed by atoms with Gasteiger partial charge in [-0.05, 0) is 33.8 Å². The van der Waals surface area contributed by atoms with Gasteiger partial charge in [-0.15, -0.1) is 0 Å². The van der Waals surface area contributed by atoms with E-state index in [4.69, 9.17) is 4.74 Å². The molecule has 1 aromatic carbocycles. The van der Waals surface area contributed by atoms with E-state index in [1.54, 1.807) is 44.7 Å². The predicted octanol–water partition coefficient (Wildman–Crippen LogP) is 2.64. The van der Waals surface area contributed by atoms with Crippen molar-refractivity contribution < 1.29 is 24.0 Å². The maximum Gasteiger partial charge on any atom is 0.342 e. The van der Waals surface area contributed by atoms with Crippen LogP contribution in [0.4, 0.5) is 5.69 Å². The molecule has 1 atom stereocenters. The molecule has 0 N–H and O–H groups in total. The van der Waals surface area contributed by atoms with E-state index in [1.165, 1.54) is 17.0 Å². The number of nitro benzene ring substituents is 1. The average molecular weight is 482 g/mol. The van der Waals surface area contributed by atoms with Crippen LogP contribution in [0.5, 0.6) is 0 Å². The van der Waals surface area contributed by atoms with Crippen LogP contribution >= 0.6 is 0 Å². The smallest absolute Gasteiger partial charge is 0.342 e. The van der Waals surface area contributed by atoms with Crippen LogP contribution in [-0.2, 0) is 4.74 Å². The lowest BCUT2D eigenvalue weighted by Crippen LogP contribution is -2.55. The zero-order valence-electron chi connectivity index (χ0n) is 20.1. The maximum absolute atomic E-state index is 13.4. The number of nitrogens with zero attached hydrogens (tertiary/aromatic N) is 5. The number of amides is 2. The lowest BCUT2D eigenvalue weighted by atomic mass is 10.1. The van der Waals surface area contributed by atoms with Gasteiger partial charge in [-0.25, -0.2) is 14.8 Å². The molecule has 1 aliphatic heterocycles. The number of esters is 1. The molecule has 1 unspecified atom stereocenters. The Hall–Kier alpha value is -4.15. The Morgan fingerprint density at radius 2 is 1.91 bits per heavy atom. The first kappa shape index (κ1) is 25.5. The molecule has 35 heavy (non-hydrogen) atoms. The minimum atomic E-state index is -0.714. The molecular weight excluding hydrogens is 454 g/mol. The summed E-state index contributed by atoms with van der Waals surface area (Å²) < 4.78 is 5.12. The number of nitro groups is 1. The molecule has 11 heteroatoms. The number of rotatable bonds is 6. The number of carbonyl (C=O) groups is 3. The fourth-order valence-electron chi connectivity index (χ4n) is 4.02. The van der Waals surface area contributed by atoms with Crippen molar-refractivity contribution in [2.24, 2.45) is 0 Å². The van der Waals surface area contributed by atoms with Crippen LogP contribution < -0.4 is 0 Å². The van der Waals surface area contributed by atoms with Gasteiger partial charge in [0.25, 0.3) is 17.5 Å². The van der Waals surface area contributed by atoms with E-state index < -0.39 is 16.8 Å². The molecule has 0 spiro atoms. The highest BCUT2D eigenvalue weighted by atomic mass is 16.6. The molecule has 0 bridgehead atoms. The highest BCUT2D eigenvalue weighted by Gasteiger charge is 2.34. The summed E-state index contributed by atoms with van der Waals surface area (Å²) in [7, 11) is 0. The maximum atomic E-state index is 13.4. The van der Waals surface area contributed by atoms with Crippen LogP contribution in [-0.4, -0.2) is 74.8 Å². The molecule has 1 saturated heterocycles. The summed E-state index contributed by atoms with van der Waals surface area (Å²) in [4.78, 5) is 61.3. The Balaban J connectivity index is 1.81. The monoisotopic (exact) mass is 481 g/mol. The minimum Gasteiger partial charge on any atom is -0.458 e. The van der Waals surface area contributed by atoms with Gasteiger partial charge >= 0.3 is 5.97 Å². The normalized spacial score (nSPS) is 15.5. The molecule has 0 radical (unpaired) electrons. The van der Waals surface area contributed by atoms with Crippen molar-refractivity contribution in [1.82, 2.24) is 19.8 Å². The van der Waals surface area contributed by atoms with Crippen molar-refractivity contribution in [3.63, 3.8) is 0 Å². The number of aromatic nitrogens is 2. The van der Waals surface area contributed by atoms with Gasteiger partial charge in [0.2, 0.25) is 0 Å². The van der Waals surface area contributed by atoms with E-state index in [-0.39, 0.29) is 60.7 Å². The summed E-state index contributed by atoms with van der Waals surface area (Å²) in [6.45, 7) is 10.7. The van der Waals surface area contributed by atoms with E-state index in [9.17, 15) is 24.5 Å². The van der Waals surface area contributed by atoms with Crippen molar-refractivity contribution >= 4 is 23.5 Å². The lowest BCUT2D eigenvalue weighted by Gasteiger charge is -2.40. The summed E-state index contributed by atoms with van der Waals surface area (Å²) in [5.74, 6) is -1.19. The number of benzene rings is 1. The Bertz CT molecular complexity index is 1210. The number of carbonyl (C=O) groups excluding carboxylic acids is 3. The van der Waals surface area contributed by atoms with Gasteiger partial charge < -0.3 is 14.5 Å². The second-order valence-corrected chi connectivity index (χ2v) is 8.32. The molecule has 2 aromatic rings. The fourth-order valence-corrected chi connectivity index (χ4v) is 4.02. The third kappa shape index (κ3) is 5.34. The molecule has 1 aromatic heterocycles. The van der Waals surface area contributed by atoms with E-state index in [0.717, 1.165) is 0 Å². The second-order valence-electron chi connectivity index (χ2n) is 8.32. The summed E-state index contributed by atoms with van der Waals surface area (Å²) >= 11 is 0. The van der Waals surface area contributed by atoms with Crippen LogP contribution in [0.15, 0.2) is 30.9 Å². The summed E-state index contributed by atoms with van der Waals surface area (Å²) in [5, 5.41) is 11.3. The van der Waals surface area contributed by atoms with E-state index in [0.29, 0.717) is 17.1 Å². The topological polar surface area (TPSA) is 136 Å². The first-order valence-corrected chi connectivity index (χ1v) is 11.0. The quantitative estimate of drug-likeness (QED) is 0.266. The van der Waals surface area contributed by atoms with Gasteiger partial charge in [-0.3, -0.25) is 19.7 Å². The standard InChI is InChI=1S/C24H27N5O6/c1-6-11-35-24(32)20-16(4)25-17(5)26-21(20)23(31)27-9-10-28(15(3)13-27)22(30)18-8-7-14(2)19(12-18)29(33)34/h6-8,12,15H,1,9-11,13H2,2-5H3. The molecule has 184 valence electrons. The first-order valence-electron chi connectivity index (χ1n) is 11.0. The van der Waals surface area contributed by atoms with Crippen LogP contribution in [0.25, 0.3) is 0 Å². The summed E-state index contributed by atoms with van der Waals surface area (Å²) in [5.41, 5.74) is 0.835. The third-order valence-electron chi connectivity index (χ3n) is 5.77. The minimum absolute atomic E-state index is 0.000531.